The fraction of sp³-hybridized carbons (Fsp3) is 0.308. The number of thioether (sulfide) groups is 1. The van der Waals surface area contributed by atoms with Crippen molar-refractivity contribution in [3.8, 4) is 0 Å². The summed E-state index contributed by atoms with van der Waals surface area (Å²) in [7, 11) is 0. The Bertz CT molecular complexity index is 645. The summed E-state index contributed by atoms with van der Waals surface area (Å²) in [5, 5.41) is 11.7. The Hall–Kier alpha value is -1.73. The van der Waals surface area contributed by atoms with Crippen LogP contribution in [-0.2, 0) is 4.79 Å². The van der Waals surface area contributed by atoms with E-state index in [9.17, 15) is 4.79 Å². The first-order chi connectivity index (χ1) is 10.1. The summed E-state index contributed by atoms with van der Waals surface area (Å²) in [6.07, 6.45) is 2.42. The molecule has 0 saturated heterocycles. The zero-order valence-electron chi connectivity index (χ0n) is 11.7. The lowest BCUT2D eigenvalue weighted by Gasteiger charge is -2.19. The molecule has 0 fully saturated rings. The highest BCUT2D eigenvalue weighted by Crippen LogP contribution is 2.26. The van der Waals surface area contributed by atoms with Crippen molar-refractivity contribution in [3.05, 3.63) is 29.3 Å². The number of anilines is 2. The first-order valence-corrected chi connectivity index (χ1v) is 7.98. The highest BCUT2D eigenvalue weighted by atomic mass is 35.5. The standard InChI is InChI=1S/C13H16ClN5OS/c1-3-10(19-12(15)17-18-13(19)21-2)11(20)16-9-7-5-4-6-8(9)14/h4-7,10H,3H2,1-2H3,(H2,15,17)(H,16,20). The summed E-state index contributed by atoms with van der Waals surface area (Å²) >= 11 is 7.45. The lowest BCUT2D eigenvalue weighted by molar-refractivity contribution is -0.119. The molecule has 1 heterocycles. The van der Waals surface area contributed by atoms with Crippen LogP contribution in [0.1, 0.15) is 19.4 Å². The number of hydrogen-bond acceptors (Lipinski definition) is 5. The van der Waals surface area contributed by atoms with Crippen LogP contribution in [0.3, 0.4) is 0 Å². The van der Waals surface area contributed by atoms with Gasteiger partial charge in [0.15, 0.2) is 5.16 Å². The highest BCUT2D eigenvalue weighted by molar-refractivity contribution is 7.98. The van der Waals surface area contributed by atoms with Gasteiger partial charge in [-0.25, -0.2) is 0 Å². The van der Waals surface area contributed by atoms with Crippen molar-refractivity contribution in [2.45, 2.75) is 24.5 Å². The molecular formula is C13H16ClN5OS. The molecule has 0 aliphatic heterocycles. The third-order valence-electron chi connectivity index (χ3n) is 3.01. The van der Waals surface area contributed by atoms with Crippen molar-refractivity contribution >= 4 is 40.9 Å². The number of benzene rings is 1. The molecule has 0 bridgehead atoms. The molecule has 2 rings (SSSR count). The van der Waals surface area contributed by atoms with E-state index in [4.69, 9.17) is 17.3 Å². The molecule has 1 amide bonds. The van der Waals surface area contributed by atoms with Crippen molar-refractivity contribution < 1.29 is 4.79 Å². The zero-order chi connectivity index (χ0) is 15.4. The molecule has 0 spiro atoms. The molecule has 0 aliphatic rings. The van der Waals surface area contributed by atoms with E-state index in [1.807, 2.05) is 19.2 Å². The van der Waals surface area contributed by atoms with E-state index in [0.717, 1.165) is 0 Å². The van der Waals surface area contributed by atoms with Crippen LogP contribution >= 0.6 is 23.4 Å². The minimum atomic E-state index is -0.487. The Morgan fingerprint density at radius 1 is 1.48 bits per heavy atom. The quantitative estimate of drug-likeness (QED) is 0.825. The lowest BCUT2D eigenvalue weighted by atomic mass is 10.2. The smallest absolute Gasteiger partial charge is 0.247 e. The van der Waals surface area contributed by atoms with E-state index in [-0.39, 0.29) is 11.9 Å². The molecular weight excluding hydrogens is 310 g/mol. The average molecular weight is 326 g/mol. The molecule has 1 atom stereocenters. The van der Waals surface area contributed by atoms with Gasteiger partial charge >= 0.3 is 0 Å². The van der Waals surface area contributed by atoms with Gasteiger partial charge in [-0.1, -0.05) is 42.4 Å². The number of aromatic nitrogens is 3. The van der Waals surface area contributed by atoms with Crippen LogP contribution in [0.25, 0.3) is 0 Å². The predicted octanol–water partition coefficient (Wildman–Crippen LogP) is 2.83. The molecule has 0 radical (unpaired) electrons. The van der Waals surface area contributed by atoms with Crippen LogP contribution in [0, 0.1) is 0 Å². The summed E-state index contributed by atoms with van der Waals surface area (Å²) in [5.41, 5.74) is 6.39. The topological polar surface area (TPSA) is 85.8 Å². The molecule has 112 valence electrons. The van der Waals surface area contributed by atoms with E-state index >= 15 is 0 Å². The number of hydrogen-bond donors (Lipinski definition) is 2. The summed E-state index contributed by atoms with van der Waals surface area (Å²) in [4.78, 5) is 12.5. The van der Waals surface area contributed by atoms with Gasteiger partial charge in [0.05, 0.1) is 10.7 Å². The van der Waals surface area contributed by atoms with Crippen molar-refractivity contribution in [1.82, 2.24) is 14.8 Å². The summed E-state index contributed by atoms with van der Waals surface area (Å²) in [5.74, 6) is 0.0212. The second-order valence-corrected chi connectivity index (χ2v) is 5.49. The minimum Gasteiger partial charge on any atom is -0.368 e. The number of carbonyl (C=O) groups excluding carboxylic acids is 1. The third-order valence-corrected chi connectivity index (χ3v) is 3.98. The van der Waals surface area contributed by atoms with Gasteiger partial charge in [-0.15, -0.1) is 10.2 Å². The van der Waals surface area contributed by atoms with Crippen molar-refractivity contribution in [2.75, 3.05) is 17.3 Å². The van der Waals surface area contributed by atoms with Gasteiger partial charge < -0.3 is 11.1 Å². The molecule has 8 heteroatoms. The second kappa shape index (κ2) is 6.82. The Balaban J connectivity index is 2.27. The number of nitrogens with two attached hydrogens (primary N) is 1. The molecule has 1 unspecified atom stereocenters. The van der Waals surface area contributed by atoms with Crippen LogP contribution in [-0.4, -0.2) is 26.9 Å². The number of amides is 1. The number of nitrogens with one attached hydrogen (secondary N) is 1. The molecule has 21 heavy (non-hydrogen) atoms. The molecule has 1 aromatic carbocycles. The van der Waals surface area contributed by atoms with Gasteiger partial charge in [0.2, 0.25) is 11.9 Å². The predicted molar refractivity (Wildman–Crippen MR) is 85.6 cm³/mol. The van der Waals surface area contributed by atoms with Crippen molar-refractivity contribution in [2.24, 2.45) is 0 Å². The van der Waals surface area contributed by atoms with Gasteiger partial charge in [-0.2, -0.15) is 0 Å². The summed E-state index contributed by atoms with van der Waals surface area (Å²) in [6, 6.07) is 6.59. The third kappa shape index (κ3) is 3.30. The van der Waals surface area contributed by atoms with E-state index in [1.54, 1.807) is 22.8 Å². The number of nitrogen functional groups attached to an aromatic ring is 1. The lowest BCUT2D eigenvalue weighted by Crippen LogP contribution is -2.27. The molecule has 0 aliphatic carbocycles. The maximum Gasteiger partial charge on any atom is 0.247 e. The fourth-order valence-corrected chi connectivity index (χ4v) is 2.71. The Morgan fingerprint density at radius 3 is 2.81 bits per heavy atom. The largest absolute Gasteiger partial charge is 0.368 e. The maximum atomic E-state index is 12.5. The average Bonchev–Trinajstić information content (AvgIpc) is 2.84. The van der Waals surface area contributed by atoms with E-state index in [1.165, 1.54) is 11.8 Å². The van der Waals surface area contributed by atoms with Gasteiger partial charge in [-0.05, 0) is 24.8 Å². The number of rotatable bonds is 5. The van der Waals surface area contributed by atoms with E-state index in [0.29, 0.717) is 22.3 Å². The van der Waals surface area contributed by atoms with Crippen molar-refractivity contribution in [1.29, 1.82) is 0 Å². The van der Waals surface area contributed by atoms with Gasteiger partial charge in [-0.3, -0.25) is 9.36 Å². The van der Waals surface area contributed by atoms with Crippen LogP contribution < -0.4 is 11.1 Å². The van der Waals surface area contributed by atoms with Crippen LogP contribution in [0.15, 0.2) is 29.4 Å². The normalized spacial score (nSPS) is 12.1. The first kappa shape index (κ1) is 15.7. The Morgan fingerprint density at radius 2 is 2.19 bits per heavy atom. The zero-order valence-corrected chi connectivity index (χ0v) is 13.3. The van der Waals surface area contributed by atoms with Gasteiger partial charge in [0.1, 0.15) is 6.04 Å². The second-order valence-electron chi connectivity index (χ2n) is 4.31. The number of carbonyl (C=O) groups is 1. The van der Waals surface area contributed by atoms with Crippen LogP contribution in [0.4, 0.5) is 11.6 Å². The Labute approximate surface area is 132 Å². The fourth-order valence-electron chi connectivity index (χ4n) is 1.98. The maximum absolute atomic E-state index is 12.5. The molecule has 3 N–H and O–H groups in total. The van der Waals surface area contributed by atoms with Gasteiger partial charge in [0.25, 0.3) is 0 Å². The molecule has 1 aromatic heterocycles. The van der Waals surface area contributed by atoms with E-state index in [2.05, 4.69) is 15.5 Å². The monoisotopic (exact) mass is 325 g/mol. The van der Waals surface area contributed by atoms with E-state index < -0.39 is 6.04 Å². The first-order valence-electron chi connectivity index (χ1n) is 6.38. The SMILES string of the molecule is CCC(C(=O)Nc1ccccc1Cl)n1c(N)nnc1SC. The van der Waals surface area contributed by atoms with Gasteiger partial charge in [0, 0.05) is 0 Å². The molecule has 0 saturated carbocycles. The summed E-state index contributed by atoms with van der Waals surface area (Å²) in [6.45, 7) is 1.90. The number of para-hydroxylation sites is 1. The highest BCUT2D eigenvalue weighted by Gasteiger charge is 2.24. The summed E-state index contributed by atoms with van der Waals surface area (Å²) < 4.78 is 1.64. The Kier molecular flexibility index (Phi) is 5.08. The van der Waals surface area contributed by atoms with Crippen LogP contribution in [0.2, 0.25) is 5.02 Å². The van der Waals surface area contributed by atoms with Crippen molar-refractivity contribution in [3.63, 3.8) is 0 Å². The number of nitrogens with zero attached hydrogens (tertiary/aromatic N) is 3. The molecule has 6 nitrogen and oxygen atoms in total. The number of halogens is 1. The molecule has 2 aromatic rings. The van der Waals surface area contributed by atoms with Crippen LogP contribution in [0.5, 0.6) is 0 Å². The minimum absolute atomic E-state index is 0.201.